The molecule has 2 amide bonds. The van der Waals surface area contributed by atoms with Crippen molar-refractivity contribution in [3.05, 3.63) is 69.9 Å². The van der Waals surface area contributed by atoms with Crippen LogP contribution in [-0.2, 0) is 13.0 Å². The van der Waals surface area contributed by atoms with Crippen LogP contribution in [0.1, 0.15) is 43.0 Å². The third kappa shape index (κ3) is 3.61. The third-order valence-corrected chi connectivity index (χ3v) is 5.76. The molecule has 4 rings (SSSR count). The molecule has 160 valence electrons. The van der Waals surface area contributed by atoms with Crippen molar-refractivity contribution in [3.63, 3.8) is 0 Å². The van der Waals surface area contributed by atoms with Crippen LogP contribution >= 0.6 is 0 Å². The summed E-state index contributed by atoms with van der Waals surface area (Å²) in [5.74, 6) is -0.839. The molecule has 0 spiro atoms. The molecule has 1 aromatic heterocycles. The highest BCUT2D eigenvalue weighted by Gasteiger charge is 2.35. The van der Waals surface area contributed by atoms with Crippen molar-refractivity contribution < 1.29 is 19.8 Å². The standard InChI is InChI=1S/C24H25N3O4/c1-14-4-6-15(7-5-14)10-16-11-17-19(23(30)26(2)8-9-28)18-13-27(3)24(31)20(18)22(29)21(17)25-12-16/h4-7,11-12,28-29H,8-10,13H2,1-3H3. The molecule has 3 aromatic rings. The summed E-state index contributed by atoms with van der Waals surface area (Å²) < 4.78 is 0. The molecule has 0 fully saturated rings. The van der Waals surface area contributed by atoms with Crippen molar-refractivity contribution in [2.75, 3.05) is 27.2 Å². The predicted molar refractivity (Wildman–Crippen MR) is 117 cm³/mol. The number of aliphatic hydroxyl groups is 1. The first-order chi connectivity index (χ1) is 14.8. The molecule has 2 aromatic carbocycles. The Morgan fingerprint density at radius 1 is 1.23 bits per heavy atom. The molecule has 7 heteroatoms. The number of hydrogen-bond donors (Lipinski definition) is 2. The summed E-state index contributed by atoms with van der Waals surface area (Å²) >= 11 is 0. The number of aromatic hydroxyl groups is 1. The van der Waals surface area contributed by atoms with Gasteiger partial charge in [0.05, 0.1) is 17.7 Å². The van der Waals surface area contributed by atoms with Gasteiger partial charge in [-0.05, 0) is 30.5 Å². The van der Waals surface area contributed by atoms with E-state index in [1.165, 1.54) is 15.4 Å². The number of pyridine rings is 1. The van der Waals surface area contributed by atoms with E-state index in [1.54, 1.807) is 20.3 Å². The van der Waals surface area contributed by atoms with Gasteiger partial charge in [0.1, 0.15) is 5.52 Å². The average molecular weight is 419 g/mol. The van der Waals surface area contributed by atoms with Gasteiger partial charge in [0, 0.05) is 44.3 Å². The van der Waals surface area contributed by atoms with Crippen molar-refractivity contribution >= 4 is 22.7 Å². The molecule has 0 atom stereocenters. The van der Waals surface area contributed by atoms with Crippen LogP contribution in [0.5, 0.6) is 5.75 Å². The summed E-state index contributed by atoms with van der Waals surface area (Å²) in [6, 6.07) is 10.1. The lowest BCUT2D eigenvalue weighted by atomic mass is 9.94. The predicted octanol–water partition coefficient (Wildman–Crippen LogP) is 2.49. The number of nitrogens with zero attached hydrogens (tertiary/aromatic N) is 3. The number of carbonyl (C=O) groups excluding carboxylic acids is 2. The fourth-order valence-corrected chi connectivity index (χ4v) is 4.05. The van der Waals surface area contributed by atoms with Gasteiger partial charge in [-0.25, -0.2) is 0 Å². The smallest absolute Gasteiger partial charge is 0.258 e. The Morgan fingerprint density at radius 2 is 1.94 bits per heavy atom. The topological polar surface area (TPSA) is 94.0 Å². The number of phenolic OH excluding ortho intramolecular Hbond substituents is 1. The molecule has 2 heterocycles. The minimum atomic E-state index is -0.334. The Bertz CT molecular complexity index is 1190. The normalized spacial score (nSPS) is 13.0. The van der Waals surface area contributed by atoms with E-state index in [0.717, 1.165) is 11.1 Å². The Morgan fingerprint density at radius 3 is 2.61 bits per heavy atom. The highest BCUT2D eigenvalue weighted by atomic mass is 16.3. The molecule has 0 unspecified atom stereocenters. The van der Waals surface area contributed by atoms with Gasteiger partial charge in [-0.1, -0.05) is 29.8 Å². The number of aliphatic hydroxyl groups excluding tert-OH is 1. The lowest BCUT2D eigenvalue weighted by Crippen LogP contribution is -2.30. The summed E-state index contributed by atoms with van der Waals surface area (Å²) in [5.41, 5.74) is 4.40. The third-order valence-electron chi connectivity index (χ3n) is 5.76. The second-order valence-corrected chi connectivity index (χ2v) is 8.09. The number of carbonyl (C=O) groups is 2. The van der Waals surface area contributed by atoms with Gasteiger partial charge in [-0.3, -0.25) is 14.6 Å². The number of hydrogen-bond acceptors (Lipinski definition) is 5. The highest BCUT2D eigenvalue weighted by molar-refractivity contribution is 6.15. The first kappa shape index (κ1) is 20.8. The van der Waals surface area contributed by atoms with E-state index < -0.39 is 0 Å². The van der Waals surface area contributed by atoms with Crippen LogP contribution in [0.3, 0.4) is 0 Å². The van der Waals surface area contributed by atoms with Gasteiger partial charge in [0.2, 0.25) is 0 Å². The molecule has 0 bridgehead atoms. The number of likely N-dealkylation sites (N-methyl/N-ethyl adjacent to an activating group) is 1. The molecule has 0 radical (unpaired) electrons. The molecule has 1 aliphatic rings. The number of fused-ring (bicyclic) bond motifs is 2. The lowest BCUT2D eigenvalue weighted by molar-refractivity contribution is 0.0764. The summed E-state index contributed by atoms with van der Waals surface area (Å²) in [5, 5.41) is 20.6. The molecule has 31 heavy (non-hydrogen) atoms. The second kappa shape index (κ2) is 8.00. The van der Waals surface area contributed by atoms with Gasteiger partial charge in [0.15, 0.2) is 5.75 Å². The quantitative estimate of drug-likeness (QED) is 0.663. The molecular weight excluding hydrogens is 394 g/mol. The van der Waals surface area contributed by atoms with Crippen molar-refractivity contribution in [2.24, 2.45) is 0 Å². The van der Waals surface area contributed by atoms with E-state index >= 15 is 0 Å². The molecule has 0 aliphatic carbocycles. The van der Waals surface area contributed by atoms with Gasteiger partial charge in [0.25, 0.3) is 11.8 Å². The maximum Gasteiger partial charge on any atom is 0.258 e. The Kier molecular flexibility index (Phi) is 5.37. The van der Waals surface area contributed by atoms with Gasteiger partial charge in [-0.2, -0.15) is 0 Å². The maximum absolute atomic E-state index is 13.3. The van der Waals surface area contributed by atoms with E-state index in [2.05, 4.69) is 17.1 Å². The number of aromatic nitrogens is 1. The van der Waals surface area contributed by atoms with E-state index in [-0.39, 0.29) is 48.3 Å². The molecule has 7 nitrogen and oxygen atoms in total. The zero-order valence-electron chi connectivity index (χ0n) is 17.8. The Labute approximate surface area is 180 Å². The molecule has 0 saturated carbocycles. The van der Waals surface area contributed by atoms with Crippen molar-refractivity contribution in [3.8, 4) is 5.75 Å². The zero-order chi connectivity index (χ0) is 22.3. The van der Waals surface area contributed by atoms with Crippen LogP contribution in [0.15, 0.2) is 36.5 Å². The summed E-state index contributed by atoms with van der Waals surface area (Å²) in [6.07, 6.45) is 2.29. The number of rotatable bonds is 5. The summed E-state index contributed by atoms with van der Waals surface area (Å²) in [6.45, 7) is 2.25. The molecule has 2 N–H and O–H groups in total. The Hall–Kier alpha value is -3.45. The van der Waals surface area contributed by atoms with Gasteiger partial charge in [-0.15, -0.1) is 0 Å². The van der Waals surface area contributed by atoms with Gasteiger partial charge < -0.3 is 20.0 Å². The fourth-order valence-electron chi connectivity index (χ4n) is 4.05. The van der Waals surface area contributed by atoms with Crippen LogP contribution in [0.4, 0.5) is 0 Å². The van der Waals surface area contributed by atoms with E-state index in [0.29, 0.717) is 22.9 Å². The minimum Gasteiger partial charge on any atom is -0.505 e. The largest absolute Gasteiger partial charge is 0.505 e. The first-order valence-electron chi connectivity index (χ1n) is 10.2. The zero-order valence-corrected chi connectivity index (χ0v) is 17.8. The van der Waals surface area contributed by atoms with E-state index in [4.69, 9.17) is 0 Å². The van der Waals surface area contributed by atoms with E-state index in [1.807, 2.05) is 25.1 Å². The van der Waals surface area contributed by atoms with Crippen molar-refractivity contribution in [2.45, 2.75) is 19.9 Å². The number of amides is 2. The molecule has 0 saturated heterocycles. The van der Waals surface area contributed by atoms with Crippen molar-refractivity contribution in [1.29, 1.82) is 0 Å². The minimum absolute atomic E-state index is 0.134. The fraction of sp³-hybridized carbons (Fsp3) is 0.292. The monoisotopic (exact) mass is 419 g/mol. The summed E-state index contributed by atoms with van der Waals surface area (Å²) in [7, 11) is 3.24. The van der Waals surface area contributed by atoms with Crippen LogP contribution in [0.25, 0.3) is 10.9 Å². The van der Waals surface area contributed by atoms with E-state index in [9.17, 15) is 19.8 Å². The summed E-state index contributed by atoms with van der Waals surface area (Å²) in [4.78, 5) is 33.3. The molecular formula is C24H25N3O4. The number of benzene rings is 2. The van der Waals surface area contributed by atoms with Crippen LogP contribution in [0.2, 0.25) is 0 Å². The number of aryl methyl sites for hydroxylation is 1. The highest BCUT2D eigenvalue weighted by Crippen LogP contribution is 2.40. The first-order valence-corrected chi connectivity index (χ1v) is 10.2. The Balaban J connectivity index is 1.91. The van der Waals surface area contributed by atoms with Crippen LogP contribution in [-0.4, -0.2) is 64.1 Å². The van der Waals surface area contributed by atoms with Crippen LogP contribution < -0.4 is 0 Å². The van der Waals surface area contributed by atoms with Crippen LogP contribution in [0, 0.1) is 6.92 Å². The SMILES string of the molecule is Cc1ccc(Cc2cnc3c(O)c4c(c(C(=O)N(C)CCO)c3c2)CN(C)C4=O)cc1. The molecule has 1 aliphatic heterocycles. The van der Waals surface area contributed by atoms with Gasteiger partial charge >= 0.3 is 0 Å². The maximum atomic E-state index is 13.3. The van der Waals surface area contributed by atoms with Crippen molar-refractivity contribution in [1.82, 2.24) is 14.8 Å². The number of phenols is 1. The second-order valence-electron chi connectivity index (χ2n) is 8.09. The average Bonchev–Trinajstić information content (AvgIpc) is 3.04. The lowest BCUT2D eigenvalue weighted by Gasteiger charge is -2.20.